The lowest BCUT2D eigenvalue weighted by molar-refractivity contribution is 0.106. The summed E-state index contributed by atoms with van der Waals surface area (Å²) >= 11 is 1.88. The molecule has 1 aliphatic rings. The van der Waals surface area contributed by atoms with Crippen LogP contribution in [0.4, 0.5) is 4.79 Å². The first-order valence-electron chi connectivity index (χ1n) is 4.00. The van der Waals surface area contributed by atoms with Gasteiger partial charge in [0, 0.05) is 11.8 Å². The van der Waals surface area contributed by atoms with Gasteiger partial charge in [0.15, 0.2) is 0 Å². The second-order valence-electron chi connectivity index (χ2n) is 2.69. The fourth-order valence-electron chi connectivity index (χ4n) is 1.16. The minimum atomic E-state index is -0.245. The molecular weight excluding hydrogens is 176 g/mol. The minimum absolute atomic E-state index is 0.245. The molecule has 5 heteroatoms. The number of amides is 2. The van der Waals surface area contributed by atoms with E-state index < -0.39 is 0 Å². The van der Waals surface area contributed by atoms with E-state index in [-0.39, 0.29) is 6.03 Å². The zero-order valence-corrected chi connectivity index (χ0v) is 7.95. The quantitative estimate of drug-likeness (QED) is 0.631. The van der Waals surface area contributed by atoms with Crippen LogP contribution in [-0.4, -0.2) is 30.7 Å². The van der Waals surface area contributed by atoms with Gasteiger partial charge in [0.1, 0.15) is 0 Å². The van der Waals surface area contributed by atoms with Gasteiger partial charge in [0.2, 0.25) is 0 Å². The minimum Gasteiger partial charge on any atom is -0.333 e. The lowest BCUT2D eigenvalue weighted by Gasteiger charge is -2.22. The molecule has 0 aromatic carbocycles. The highest BCUT2D eigenvalue weighted by molar-refractivity contribution is 7.99. The zero-order valence-electron chi connectivity index (χ0n) is 7.13. The molecule has 2 amide bonds. The average Bonchev–Trinajstić information content (AvgIpc) is 2.06. The first kappa shape index (κ1) is 9.67. The van der Waals surface area contributed by atoms with Crippen LogP contribution >= 0.6 is 11.8 Å². The molecule has 0 saturated carbocycles. The van der Waals surface area contributed by atoms with Crippen molar-refractivity contribution in [2.24, 2.45) is 0 Å². The van der Waals surface area contributed by atoms with Crippen molar-refractivity contribution in [3.63, 3.8) is 0 Å². The Morgan fingerprint density at radius 3 is 3.08 bits per heavy atom. The van der Waals surface area contributed by atoms with Crippen molar-refractivity contribution < 1.29 is 9.63 Å². The molecule has 1 fully saturated rings. The van der Waals surface area contributed by atoms with Crippen molar-refractivity contribution in [1.29, 1.82) is 0 Å². The van der Waals surface area contributed by atoms with Crippen LogP contribution in [-0.2, 0) is 4.84 Å². The van der Waals surface area contributed by atoms with Crippen LogP contribution in [0.1, 0.15) is 12.8 Å². The third-order valence-corrected chi connectivity index (χ3v) is 2.91. The number of hydroxylamine groups is 1. The summed E-state index contributed by atoms with van der Waals surface area (Å²) < 4.78 is 0. The predicted molar refractivity (Wildman–Crippen MR) is 49.0 cm³/mol. The van der Waals surface area contributed by atoms with E-state index in [9.17, 15) is 4.79 Å². The Kier molecular flexibility index (Phi) is 4.24. The Morgan fingerprint density at radius 2 is 2.50 bits per heavy atom. The lowest BCUT2D eigenvalue weighted by atomic mass is 10.2. The maximum absolute atomic E-state index is 11.0. The second-order valence-corrected chi connectivity index (χ2v) is 3.84. The summed E-state index contributed by atoms with van der Waals surface area (Å²) in [5.74, 6) is 2.22. The standard InChI is InChI=1S/C7H14N2O2S/c1-11-9-7(10)8-6-3-2-4-12-5-6/h6H,2-5H2,1H3,(H2,8,9,10). The van der Waals surface area contributed by atoms with E-state index in [2.05, 4.69) is 15.6 Å². The third kappa shape index (κ3) is 3.32. The average molecular weight is 190 g/mol. The van der Waals surface area contributed by atoms with Gasteiger partial charge in [-0.25, -0.2) is 10.3 Å². The fraction of sp³-hybridized carbons (Fsp3) is 0.857. The van der Waals surface area contributed by atoms with E-state index >= 15 is 0 Å². The molecular formula is C7H14N2O2S. The number of thioether (sulfide) groups is 1. The van der Waals surface area contributed by atoms with Gasteiger partial charge in [-0.05, 0) is 18.6 Å². The Morgan fingerprint density at radius 1 is 1.67 bits per heavy atom. The zero-order chi connectivity index (χ0) is 8.81. The molecule has 0 bridgehead atoms. The van der Waals surface area contributed by atoms with Crippen LogP contribution in [0.2, 0.25) is 0 Å². The highest BCUT2D eigenvalue weighted by Crippen LogP contribution is 2.16. The summed E-state index contributed by atoms with van der Waals surface area (Å²) in [5, 5.41) is 2.82. The highest BCUT2D eigenvalue weighted by Gasteiger charge is 2.15. The van der Waals surface area contributed by atoms with E-state index in [0.717, 1.165) is 12.2 Å². The molecule has 4 nitrogen and oxygen atoms in total. The summed E-state index contributed by atoms with van der Waals surface area (Å²) in [6, 6.07) is 0.0592. The SMILES string of the molecule is CONC(=O)NC1CCCSC1. The van der Waals surface area contributed by atoms with Crippen molar-refractivity contribution in [3.05, 3.63) is 0 Å². The summed E-state index contributed by atoms with van der Waals surface area (Å²) in [4.78, 5) is 15.4. The predicted octanol–water partition coefficient (Wildman–Crippen LogP) is 0.743. The van der Waals surface area contributed by atoms with E-state index in [4.69, 9.17) is 0 Å². The van der Waals surface area contributed by atoms with Crippen molar-refractivity contribution in [2.75, 3.05) is 18.6 Å². The molecule has 12 heavy (non-hydrogen) atoms. The molecule has 1 unspecified atom stereocenters. The van der Waals surface area contributed by atoms with Crippen molar-refractivity contribution in [3.8, 4) is 0 Å². The van der Waals surface area contributed by atoms with Gasteiger partial charge in [-0.15, -0.1) is 0 Å². The summed E-state index contributed by atoms with van der Waals surface area (Å²) in [7, 11) is 1.43. The van der Waals surface area contributed by atoms with Gasteiger partial charge in [-0.2, -0.15) is 11.8 Å². The molecule has 0 aliphatic carbocycles. The third-order valence-electron chi connectivity index (χ3n) is 1.69. The van der Waals surface area contributed by atoms with Crippen molar-refractivity contribution in [1.82, 2.24) is 10.8 Å². The van der Waals surface area contributed by atoms with E-state index in [0.29, 0.717) is 6.04 Å². The summed E-state index contributed by atoms with van der Waals surface area (Å²) in [6.07, 6.45) is 2.26. The number of rotatable bonds is 2. The molecule has 70 valence electrons. The molecule has 0 aromatic rings. The monoisotopic (exact) mass is 190 g/mol. The second kappa shape index (κ2) is 5.27. The topological polar surface area (TPSA) is 50.4 Å². The first-order chi connectivity index (χ1) is 5.83. The molecule has 1 heterocycles. The van der Waals surface area contributed by atoms with Crippen LogP contribution in [0, 0.1) is 0 Å². The van der Waals surface area contributed by atoms with Gasteiger partial charge in [0.05, 0.1) is 7.11 Å². The molecule has 1 saturated heterocycles. The fourth-order valence-corrected chi connectivity index (χ4v) is 2.23. The Hall–Kier alpha value is -0.420. The lowest BCUT2D eigenvalue weighted by Crippen LogP contribution is -2.43. The Bertz CT molecular complexity index is 148. The molecule has 0 aromatic heterocycles. The van der Waals surface area contributed by atoms with Gasteiger partial charge >= 0.3 is 6.03 Å². The number of urea groups is 1. The van der Waals surface area contributed by atoms with E-state index in [1.54, 1.807) is 0 Å². The number of carbonyl (C=O) groups is 1. The summed E-state index contributed by atoms with van der Waals surface area (Å²) in [5.41, 5.74) is 2.23. The normalized spacial score (nSPS) is 23.2. The van der Waals surface area contributed by atoms with Crippen LogP contribution in [0.15, 0.2) is 0 Å². The van der Waals surface area contributed by atoms with Crippen molar-refractivity contribution in [2.45, 2.75) is 18.9 Å². The molecule has 0 radical (unpaired) electrons. The Labute approximate surface area is 76.4 Å². The van der Waals surface area contributed by atoms with Gasteiger partial charge in [0.25, 0.3) is 0 Å². The maximum atomic E-state index is 11.0. The molecule has 1 aliphatic heterocycles. The molecule has 0 spiro atoms. The van der Waals surface area contributed by atoms with Crippen LogP contribution in [0.5, 0.6) is 0 Å². The largest absolute Gasteiger partial charge is 0.338 e. The first-order valence-corrected chi connectivity index (χ1v) is 5.15. The number of nitrogens with one attached hydrogen (secondary N) is 2. The van der Waals surface area contributed by atoms with Gasteiger partial charge in [-0.3, -0.25) is 4.84 Å². The van der Waals surface area contributed by atoms with Crippen molar-refractivity contribution >= 4 is 17.8 Å². The van der Waals surface area contributed by atoms with E-state index in [1.807, 2.05) is 11.8 Å². The van der Waals surface area contributed by atoms with Crippen LogP contribution in [0.3, 0.4) is 0 Å². The van der Waals surface area contributed by atoms with Gasteiger partial charge in [-0.1, -0.05) is 0 Å². The van der Waals surface area contributed by atoms with E-state index in [1.165, 1.54) is 19.3 Å². The van der Waals surface area contributed by atoms with Gasteiger partial charge < -0.3 is 5.32 Å². The maximum Gasteiger partial charge on any atom is 0.338 e. The molecule has 2 N–H and O–H groups in total. The molecule has 1 atom stereocenters. The Balaban J connectivity index is 2.15. The summed E-state index contributed by atoms with van der Waals surface area (Å²) in [6.45, 7) is 0. The number of carbonyl (C=O) groups excluding carboxylic acids is 1. The number of hydrogen-bond donors (Lipinski definition) is 2. The molecule has 1 rings (SSSR count). The van der Waals surface area contributed by atoms with Crippen LogP contribution < -0.4 is 10.8 Å². The van der Waals surface area contributed by atoms with Crippen LogP contribution in [0.25, 0.3) is 0 Å². The smallest absolute Gasteiger partial charge is 0.333 e. The number of hydrogen-bond acceptors (Lipinski definition) is 3. The highest BCUT2D eigenvalue weighted by atomic mass is 32.2.